The third-order valence-corrected chi connectivity index (χ3v) is 4.69. The summed E-state index contributed by atoms with van der Waals surface area (Å²) in [6.07, 6.45) is -3.39. The molecular formula is C20H23F3N2O2. The van der Waals surface area contributed by atoms with Crippen LogP contribution in [0.3, 0.4) is 0 Å². The number of halogens is 3. The van der Waals surface area contributed by atoms with Crippen LogP contribution < -0.4 is 10.1 Å². The van der Waals surface area contributed by atoms with Gasteiger partial charge in [-0.3, -0.25) is 0 Å². The fourth-order valence-corrected chi connectivity index (χ4v) is 3.53. The highest BCUT2D eigenvalue weighted by Gasteiger charge is 2.40. The lowest BCUT2D eigenvalue weighted by Gasteiger charge is -2.40. The molecule has 0 spiro atoms. The molecule has 27 heavy (non-hydrogen) atoms. The summed E-state index contributed by atoms with van der Waals surface area (Å²) in [5.41, 5.74) is 1.58. The Balaban J connectivity index is 1.90. The number of rotatable bonds is 6. The molecule has 146 valence electrons. The predicted octanol–water partition coefficient (Wildman–Crippen LogP) is 4.44. The lowest BCUT2D eigenvalue weighted by atomic mass is 9.92. The number of alkyl halides is 3. The smallest absolute Gasteiger partial charge is 0.496 e. The largest absolute Gasteiger partial charge is 0.539 e. The van der Waals surface area contributed by atoms with Crippen molar-refractivity contribution in [2.75, 3.05) is 13.7 Å². The number of hydrogen-bond donors (Lipinski definition) is 1. The van der Waals surface area contributed by atoms with Crippen molar-refractivity contribution in [3.05, 3.63) is 65.7 Å². The standard InChI is InChI=1S/C20H23F3N2O2/c1-26-18-12-6-5-10-16(18)14-25(27-20(21,22)23)17-11-7-13-24-19(17)15-8-3-2-4-9-15/h2-6,8-10,12,17,19,24H,7,11,13-14H2,1H3/t17-,19-/m0/s1. The Morgan fingerprint density at radius 2 is 1.78 bits per heavy atom. The van der Waals surface area contributed by atoms with Gasteiger partial charge < -0.3 is 10.1 Å². The number of methoxy groups -OCH3 is 1. The third kappa shape index (κ3) is 5.22. The predicted molar refractivity (Wildman–Crippen MR) is 95.9 cm³/mol. The van der Waals surface area contributed by atoms with Gasteiger partial charge in [-0.25, -0.2) is 0 Å². The zero-order valence-corrected chi connectivity index (χ0v) is 15.1. The Morgan fingerprint density at radius 3 is 2.48 bits per heavy atom. The molecule has 1 saturated heterocycles. The molecule has 4 nitrogen and oxygen atoms in total. The van der Waals surface area contributed by atoms with E-state index in [0.717, 1.165) is 23.6 Å². The Bertz CT molecular complexity index is 725. The molecule has 2 atom stereocenters. The van der Waals surface area contributed by atoms with E-state index < -0.39 is 12.4 Å². The monoisotopic (exact) mass is 380 g/mol. The van der Waals surface area contributed by atoms with Crippen molar-refractivity contribution in [2.45, 2.75) is 37.8 Å². The second-order valence-corrected chi connectivity index (χ2v) is 6.48. The van der Waals surface area contributed by atoms with E-state index in [1.807, 2.05) is 30.3 Å². The zero-order valence-electron chi connectivity index (χ0n) is 15.1. The molecule has 1 aliphatic rings. The molecule has 0 bridgehead atoms. The van der Waals surface area contributed by atoms with Gasteiger partial charge in [0, 0.05) is 5.56 Å². The normalized spacial score (nSPS) is 20.6. The lowest BCUT2D eigenvalue weighted by Crippen LogP contribution is -2.49. The maximum atomic E-state index is 13.2. The van der Waals surface area contributed by atoms with E-state index in [-0.39, 0.29) is 12.6 Å². The average molecular weight is 380 g/mol. The molecule has 1 N–H and O–H groups in total. The van der Waals surface area contributed by atoms with Crippen LogP contribution in [0.25, 0.3) is 0 Å². The topological polar surface area (TPSA) is 33.7 Å². The number of benzene rings is 2. The molecule has 0 radical (unpaired) electrons. The molecule has 0 saturated carbocycles. The fraction of sp³-hybridized carbons (Fsp3) is 0.400. The van der Waals surface area contributed by atoms with Crippen molar-refractivity contribution >= 4 is 0 Å². The van der Waals surface area contributed by atoms with Crippen molar-refractivity contribution in [2.24, 2.45) is 0 Å². The number of hydroxylamine groups is 2. The lowest BCUT2D eigenvalue weighted by molar-refractivity contribution is -0.427. The Labute approximate surface area is 156 Å². The summed E-state index contributed by atoms with van der Waals surface area (Å²) in [4.78, 5) is 4.47. The van der Waals surface area contributed by atoms with Crippen LogP contribution in [0.5, 0.6) is 5.75 Å². The van der Waals surface area contributed by atoms with Gasteiger partial charge in [-0.1, -0.05) is 48.5 Å². The third-order valence-electron chi connectivity index (χ3n) is 4.69. The quantitative estimate of drug-likeness (QED) is 0.751. The zero-order chi connectivity index (χ0) is 19.3. The average Bonchev–Trinajstić information content (AvgIpc) is 2.67. The highest BCUT2D eigenvalue weighted by atomic mass is 19.4. The molecule has 0 aliphatic carbocycles. The summed E-state index contributed by atoms with van der Waals surface area (Å²) in [5.74, 6) is 0.535. The van der Waals surface area contributed by atoms with E-state index in [9.17, 15) is 13.2 Å². The molecule has 0 amide bonds. The van der Waals surface area contributed by atoms with E-state index in [0.29, 0.717) is 17.7 Å². The molecule has 1 heterocycles. The minimum atomic E-state index is -4.76. The minimum Gasteiger partial charge on any atom is -0.496 e. The van der Waals surface area contributed by atoms with Crippen LogP contribution in [0.4, 0.5) is 13.2 Å². The number of piperidine rings is 1. The van der Waals surface area contributed by atoms with Gasteiger partial charge in [0.2, 0.25) is 0 Å². The fourth-order valence-electron chi connectivity index (χ4n) is 3.53. The molecule has 1 fully saturated rings. The van der Waals surface area contributed by atoms with Crippen LogP contribution in [-0.2, 0) is 11.4 Å². The highest BCUT2D eigenvalue weighted by molar-refractivity contribution is 5.33. The molecule has 0 unspecified atom stereocenters. The van der Waals surface area contributed by atoms with Crippen LogP contribution in [0.2, 0.25) is 0 Å². The van der Waals surface area contributed by atoms with E-state index in [1.165, 1.54) is 7.11 Å². The first-order valence-corrected chi connectivity index (χ1v) is 8.90. The van der Waals surface area contributed by atoms with Crippen molar-refractivity contribution in [3.63, 3.8) is 0 Å². The summed E-state index contributed by atoms with van der Waals surface area (Å²) in [6.45, 7) is 0.726. The molecular weight excluding hydrogens is 357 g/mol. The van der Waals surface area contributed by atoms with Crippen molar-refractivity contribution in [1.82, 2.24) is 10.4 Å². The van der Waals surface area contributed by atoms with Crippen molar-refractivity contribution in [1.29, 1.82) is 0 Å². The van der Waals surface area contributed by atoms with E-state index >= 15 is 0 Å². The van der Waals surface area contributed by atoms with Crippen molar-refractivity contribution < 1.29 is 22.7 Å². The van der Waals surface area contributed by atoms with Crippen LogP contribution in [0, 0.1) is 0 Å². The first-order chi connectivity index (χ1) is 13.0. The van der Waals surface area contributed by atoms with Gasteiger partial charge >= 0.3 is 6.36 Å². The van der Waals surface area contributed by atoms with E-state index in [1.54, 1.807) is 24.3 Å². The summed E-state index contributed by atoms with van der Waals surface area (Å²) in [6, 6.07) is 15.8. The van der Waals surface area contributed by atoms with Gasteiger partial charge in [-0.05, 0) is 31.0 Å². The Morgan fingerprint density at radius 1 is 1.07 bits per heavy atom. The van der Waals surface area contributed by atoms with Crippen LogP contribution >= 0.6 is 0 Å². The number of ether oxygens (including phenoxy) is 1. The maximum absolute atomic E-state index is 13.2. The molecule has 1 aliphatic heterocycles. The highest BCUT2D eigenvalue weighted by Crippen LogP contribution is 2.33. The van der Waals surface area contributed by atoms with Gasteiger partial charge in [-0.15, -0.1) is 13.2 Å². The summed E-state index contributed by atoms with van der Waals surface area (Å²) in [5, 5.41) is 4.39. The van der Waals surface area contributed by atoms with Crippen LogP contribution in [0.15, 0.2) is 54.6 Å². The number of nitrogens with zero attached hydrogens (tertiary/aromatic N) is 1. The molecule has 2 aromatic rings. The molecule has 2 aromatic carbocycles. The first-order valence-electron chi connectivity index (χ1n) is 8.90. The summed E-state index contributed by atoms with van der Waals surface area (Å²) >= 11 is 0. The maximum Gasteiger partial charge on any atom is 0.539 e. The molecule has 0 aromatic heterocycles. The number of hydrogen-bond acceptors (Lipinski definition) is 4. The van der Waals surface area contributed by atoms with Crippen molar-refractivity contribution in [3.8, 4) is 5.75 Å². The van der Waals surface area contributed by atoms with E-state index in [2.05, 4.69) is 10.2 Å². The summed E-state index contributed by atoms with van der Waals surface area (Å²) < 4.78 is 44.8. The van der Waals surface area contributed by atoms with Gasteiger partial charge in [0.05, 0.1) is 25.7 Å². The van der Waals surface area contributed by atoms with Gasteiger partial charge in [0.1, 0.15) is 5.75 Å². The van der Waals surface area contributed by atoms with Crippen LogP contribution in [-0.4, -0.2) is 31.1 Å². The van der Waals surface area contributed by atoms with E-state index in [4.69, 9.17) is 4.74 Å². The second kappa shape index (κ2) is 8.73. The van der Waals surface area contributed by atoms with Gasteiger partial charge in [-0.2, -0.15) is 9.90 Å². The SMILES string of the molecule is COc1ccccc1CN(OC(F)(F)F)[C@H]1CCCN[C@H]1c1ccccc1. The minimum absolute atomic E-state index is 0.0286. The Hall–Kier alpha value is -2.09. The summed E-state index contributed by atoms with van der Waals surface area (Å²) in [7, 11) is 1.50. The molecule has 3 rings (SSSR count). The van der Waals surface area contributed by atoms with Gasteiger partial charge in [0.25, 0.3) is 0 Å². The number of para-hydroxylation sites is 1. The first kappa shape index (κ1) is 19.7. The van der Waals surface area contributed by atoms with Gasteiger partial charge in [0.15, 0.2) is 0 Å². The molecule has 7 heteroatoms. The van der Waals surface area contributed by atoms with Crippen LogP contribution in [0.1, 0.15) is 30.0 Å². The number of nitrogens with one attached hydrogen (secondary N) is 1. The Kier molecular flexibility index (Phi) is 6.36. The second-order valence-electron chi connectivity index (χ2n) is 6.48.